The molecule has 0 radical (unpaired) electrons. The van der Waals surface area contributed by atoms with Crippen molar-refractivity contribution in [3.05, 3.63) is 60.2 Å². The molecule has 2 atom stereocenters. The molecule has 0 saturated heterocycles. The number of hydrogen-bond acceptors (Lipinski definition) is 3. The molecule has 0 aliphatic heterocycles. The summed E-state index contributed by atoms with van der Waals surface area (Å²) < 4.78 is 11.3. The number of ether oxygens (including phenoxy) is 2. The van der Waals surface area contributed by atoms with Crippen LogP contribution in [0.1, 0.15) is 25.5 Å². The number of methoxy groups -OCH3 is 1. The lowest BCUT2D eigenvalue weighted by Crippen LogP contribution is -2.35. The van der Waals surface area contributed by atoms with Gasteiger partial charge in [-0.15, -0.1) is 0 Å². The molecule has 112 valence electrons. The fourth-order valence-electron chi connectivity index (χ4n) is 2.30. The van der Waals surface area contributed by atoms with Gasteiger partial charge in [-0.3, -0.25) is 0 Å². The van der Waals surface area contributed by atoms with Gasteiger partial charge >= 0.3 is 0 Å². The third-order valence-electron chi connectivity index (χ3n) is 3.53. The summed E-state index contributed by atoms with van der Waals surface area (Å²) in [4.78, 5) is 0. The molecule has 0 heterocycles. The molecule has 2 aromatic carbocycles. The molecule has 0 saturated carbocycles. The van der Waals surface area contributed by atoms with E-state index < -0.39 is 0 Å². The second-order valence-corrected chi connectivity index (χ2v) is 5.44. The first-order valence-corrected chi connectivity index (χ1v) is 7.23. The van der Waals surface area contributed by atoms with Crippen LogP contribution in [0, 0.1) is 5.92 Å². The fraction of sp³-hybridized carbons (Fsp3) is 0.333. The van der Waals surface area contributed by atoms with Crippen molar-refractivity contribution in [1.82, 2.24) is 0 Å². The van der Waals surface area contributed by atoms with E-state index in [0.29, 0.717) is 5.92 Å². The second kappa shape index (κ2) is 7.14. The predicted octanol–water partition coefficient (Wildman–Crippen LogP) is 3.80. The Hall–Kier alpha value is -2.00. The van der Waals surface area contributed by atoms with Crippen LogP contribution in [0.2, 0.25) is 0 Å². The number of rotatable bonds is 6. The van der Waals surface area contributed by atoms with Crippen LogP contribution in [0.3, 0.4) is 0 Å². The molecule has 0 amide bonds. The SMILES string of the molecule is COc1ccc(OC(C(C)C)C(N)c2ccccc2)cc1. The van der Waals surface area contributed by atoms with Gasteiger partial charge in [-0.25, -0.2) is 0 Å². The van der Waals surface area contributed by atoms with E-state index in [0.717, 1.165) is 17.1 Å². The highest BCUT2D eigenvalue weighted by Crippen LogP contribution is 2.26. The van der Waals surface area contributed by atoms with Crippen LogP contribution in [0.25, 0.3) is 0 Å². The lowest BCUT2D eigenvalue weighted by molar-refractivity contribution is 0.123. The van der Waals surface area contributed by atoms with Crippen molar-refractivity contribution in [3.8, 4) is 11.5 Å². The van der Waals surface area contributed by atoms with Crippen LogP contribution < -0.4 is 15.2 Å². The lowest BCUT2D eigenvalue weighted by atomic mass is 9.94. The molecular formula is C18H23NO2. The van der Waals surface area contributed by atoms with E-state index in [1.807, 2.05) is 54.6 Å². The van der Waals surface area contributed by atoms with Gasteiger partial charge in [-0.05, 0) is 35.7 Å². The first kappa shape index (κ1) is 15.4. The minimum absolute atomic E-state index is 0.0826. The summed E-state index contributed by atoms with van der Waals surface area (Å²) in [5, 5.41) is 0. The third-order valence-corrected chi connectivity index (χ3v) is 3.53. The van der Waals surface area contributed by atoms with Crippen LogP contribution in [0.4, 0.5) is 0 Å². The fourth-order valence-corrected chi connectivity index (χ4v) is 2.30. The molecule has 3 heteroatoms. The molecule has 2 N–H and O–H groups in total. The van der Waals surface area contributed by atoms with Gasteiger partial charge in [0.1, 0.15) is 17.6 Å². The summed E-state index contributed by atoms with van der Waals surface area (Å²) in [7, 11) is 1.65. The highest BCUT2D eigenvalue weighted by atomic mass is 16.5. The summed E-state index contributed by atoms with van der Waals surface area (Å²) in [5.74, 6) is 1.93. The minimum atomic E-state index is -0.159. The van der Waals surface area contributed by atoms with E-state index in [2.05, 4.69) is 13.8 Å². The predicted molar refractivity (Wildman–Crippen MR) is 85.6 cm³/mol. The smallest absolute Gasteiger partial charge is 0.120 e. The maximum atomic E-state index is 6.39. The van der Waals surface area contributed by atoms with Crippen molar-refractivity contribution in [2.75, 3.05) is 7.11 Å². The molecule has 21 heavy (non-hydrogen) atoms. The van der Waals surface area contributed by atoms with Gasteiger partial charge in [0.2, 0.25) is 0 Å². The van der Waals surface area contributed by atoms with Gasteiger partial charge in [0.05, 0.1) is 13.2 Å². The zero-order chi connectivity index (χ0) is 15.2. The van der Waals surface area contributed by atoms with Gasteiger partial charge in [0.25, 0.3) is 0 Å². The maximum absolute atomic E-state index is 6.39. The summed E-state index contributed by atoms with van der Waals surface area (Å²) in [5.41, 5.74) is 7.48. The van der Waals surface area contributed by atoms with Crippen molar-refractivity contribution in [1.29, 1.82) is 0 Å². The lowest BCUT2D eigenvalue weighted by Gasteiger charge is -2.28. The number of hydrogen-bond donors (Lipinski definition) is 1. The topological polar surface area (TPSA) is 44.5 Å². The van der Waals surface area contributed by atoms with Crippen LogP contribution in [0.5, 0.6) is 11.5 Å². The highest BCUT2D eigenvalue weighted by molar-refractivity contribution is 5.31. The number of benzene rings is 2. The summed E-state index contributed by atoms with van der Waals surface area (Å²) in [6.45, 7) is 4.24. The van der Waals surface area contributed by atoms with Gasteiger partial charge in [0.15, 0.2) is 0 Å². The first-order chi connectivity index (χ1) is 10.1. The summed E-state index contributed by atoms with van der Waals surface area (Å²) in [6, 6.07) is 17.5. The van der Waals surface area contributed by atoms with Gasteiger partial charge in [-0.2, -0.15) is 0 Å². The van der Waals surface area contributed by atoms with E-state index in [1.165, 1.54) is 0 Å². The summed E-state index contributed by atoms with van der Waals surface area (Å²) in [6.07, 6.45) is -0.0826. The van der Waals surface area contributed by atoms with Crippen molar-refractivity contribution < 1.29 is 9.47 Å². The molecule has 2 rings (SSSR count). The Bertz CT molecular complexity index is 537. The highest BCUT2D eigenvalue weighted by Gasteiger charge is 2.24. The van der Waals surface area contributed by atoms with Gasteiger partial charge < -0.3 is 15.2 Å². The maximum Gasteiger partial charge on any atom is 0.120 e. The quantitative estimate of drug-likeness (QED) is 0.878. The second-order valence-electron chi connectivity index (χ2n) is 5.44. The first-order valence-electron chi connectivity index (χ1n) is 7.23. The molecule has 2 aromatic rings. The molecular weight excluding hydrogens is 262 g/mol. The van der Waals surface area contributed by atoms with E-state index >= 15 is 0 Å². The van der Waals surface area contributed by atoms with Gasteiger partial charge in [0, 0.05) is 0 Å². The Morgan fingerprint density at radius 1 is 0.857 bits per heavy atom. The molecule has 3 nitrogen and oxygen atoms in total. The molecule has 0 bridgehead atoms. The third kappa shape index (κ3) is 3.99. The van der Waals surface area contributed by atoms with Crippen LogP contribution in [-0.2, 0) is 0 Å². The largest absolute Gasteiger partial charge is 0.497 e. The van der Waals surface area contributed by atoms with E-state index in [9.17, 15) is 0 Å². The van der Waals surface area contributed by atoms with Crippen LogP contribution in [-0.4, -0.2) is 13.2 Å². The Morgan fingerprint density at radius 2 is 1.43 bits per heavy atom. The Morgan fingerprint density at radius 3 is 1.95 bits per heavy atom. The average molecular weight is 285 g/mol. The van der Waals surface area contributed by atoms with Crippen molar-refractivity contribution in [3.63, 3.8) is 0 Å². The van der Waals surface area contributed by atoms with Crippen LogP contribution in [0.15, 0.2) is 54.6 Å². The van der Waals surface area contributed by atoms with Crippen molar-refractivity contribution >= 4 is 0 Å². The molecule has 0 aliphatic rings. The standard InChI is InChI=1S/C18H23NO2/c1-13(2)18(17(19)14-7-5-4-6-8-14)21-16-11-9-15(20-3)10-12-16/h4-13,17-18H,19H2,1-3H3. The van der Waals surface area contributed by atoms with Crippen LogP contribution >= 0.6 is 0 Å². The monoisotopic (exact) mass is 285 g/mol. The molecule has 2 unspecified atom stereocenters. The van der Waals surface area contributed by atoms with Crippen molar-refractivity contribution in [2.45, 2.75) is 26.0 Å². The van der Waals surface area contributed by atoms with E-state index in [1.54, 1.807) is 7.11 Å². The van der Waals surface area contributed by atoms with Gasteiger partial charge in [-0.1, -0.05) is 44.2 Å². The normalized spacial score (nSPS) is 13.8. The van der Waals surface area contributed by atoms with E-state index in [-0.39, 0.29) is 12.1 Å². The Balaban J connectivity index is 2.15. The molecule has 0 aliphatic carbocycles. The van der Waals surface area contributed by atoms with E-state index in [4.69, 9.17) is 15.2 Å². The Labute approximate surface area is 126 Å². The number of nitrogens with two attached hydrogens (primary N) is 1. The zero-order valence-electron chi connectivity index (χ0n) is 12.8. The average Bonchev–Trinajstić information content (AvgIpc) is 2.53. The minimum Gasteiger partial charge on any atom is -0.497 e. The Kier molecular flexibility index (Phi) is 5.23. The summed E-state index contributed by atoms with van der Waals surface area (Å²) >= 11 is 0. The zero-order valence-corrected chi connectivity index (χ0v) is 12.8. The van der Waals surface area contributed by atoms with Crippen molar-refractivity contribution in [2.24, 2.45) is 11.7 Å². The molecule has 0 spiro atoms. The molecule has 0 fully saturated rings. The molecule has 0 aromatic heterocycles.